The van der Waals surface area contributed by atoms with Crippen LogP contribution in [-0.2, 0) is 11.3 Å². The second-order valence-electron chi connectivity index (χ2n) is 6.84. The van der Waals surface area contributed by atoms with E-state index in [0.717, 1.165) is 5.56 Å². The van der Waals surface area contributed by atoms with E-state index >= 15 is 0 Å². The molecule has 3 aromatic rings. The number of aromatic carboxylic acids is 1. The Labute approximate surface area is 188 Å². The number of carbonyl (C=O) groups is 4. The van der Waals surface area contributed by atoms with Crippen molar-refractivity contribution < 1.29 is 24.3 Å². The average molecular weight is 452 g/mol. The van der Waals surface area contributed by atoms with E-state index in [2.05, 4.69) is 4.98 Å². The third-order valence-corrected chi connectivity index (χ3v) is 4.92. The van der Waals surface area contributed by atoms with Crippen molar-refractivity contribution in [2.75, 3.05) is 4.90 Å². The van der Waals surface area contributed by atoms with E-state index < -0.39 is 11.9 Å². The van der Waals surface area contributed by atoms with Crippen molar-refractivity contribution >= 4 is 40.9 Å². The minimum absolute atomic E-state index is 0.0258. The summed E-state index contributed by atoms with van der Waals surface area (Å²) >= 11 is 5.85. The molecule has 0 aliphatic carbocycles. The molecule has 3 N–H and O–H groups in total. The molecule has 0 saturated heterocycles. The minimum atomic E-state index is -1.11. The maximum absolute atomic E-state index is 12.2. The molecule has 1 aromatic heterocycles. The Hall–Kier alpha value is -4.04. The number of Topliss-reactive ketones (excluding diaryl/α,β-unsaturated/α-hetero) is 1. The van der Waals surface area contributed by atoms with Gasteiger partial charge in [-0.3, -0.25) is 19.4 Å². The Morgan fingerprint density at radius 1 is 1.00 bits per heavy atom. The summed E-state index contributed by atoms with van der Waals surface area (Å²) in [5.41, 5.74) is 7.03. The second kappa shape index (κ2) is 9.84. The van der Waals surface area contributed by atoms with Crippen LogP contribution in [0.5, 0.6) is 0 Å². The van der Waals surface area contributed by atoms with Gasteiger partial charge in [-0.1, -0.05) is 23.7 Å². The lowest BCUT2D eigenvalue weighted by Gasteiger charge is -2.29. The number of primary amides is 1. The third kappa shape index (κ3) is 5.35. The third-order valence-electron chi connectivity index (χ3n) is 4.67. The quantitative estimate of drug-likeness (QED) is 0.585. The Kier molecular flexibility index (Phi) is 6.97. The van der Waals surface area contributed by atoms with Gasteiger partial charge in [0.1, 0.15) is 0 Å². The first-order chi connectivity index (χ1) is 15.3. The molecule has 2 aromatic carbocycles. The van der Waals surface area contributed by atoms with Gasteiger partial charge in [0.05, 0.1) is 24.2 Å². The van der Waals surface area contributed by atoms with Gasteiger partial charge >= 0.3 is 5.97 Å². The smallest absolute Gasteiger partial charge is 0.335 e. The zero-order valence-electron chi connectivity index (χ0n) is 16.7. The molecule has 8 nitrogen and oxygen atoms in total. The van der Waals surface area contributed by atoms with Gasteiger partial charge in [0.15, 0.2) is 5.78 Å². The number of benzene rings is 2. The van der Waals surface area contributed by atoms with E-state index in [0.29, 0.717) is 22.8 Å². The highest BCUT2D eigenvalue weighted by Crippen LogP contribution is 2.30. The zero-order valence-corrected chi connectivity index (χ0v) is 17.5. The lowest BCUT2D eigenvalue weighted by molar-refractivity contribution is -0.118. The van der Waals surface area contributed by atoms with Gasteiger partial charge < -0.3 is 15.7 Å². The van der Waals surface area contributed by atoms with Gasteiger partial charge in [0, 0.05) is 28.5 Å². The summed E-state index contributed by atoms with van der Waals surface area (Å²) in [7, 11) is 0. The Balaban J connectivity index is 0.000000269. The van der Waals surface area contributed by atoms with Gasteiger partial charge in [-0.15, -0.1) is 0 Å². The largest absolute Gasteiger partial charge is 0.478 e. The molecule has 0 radical (unpaired) electrons. The van der Waals surface area contributed by atoms with Gasteiger partial charge in [-0.25, -0.2) is 4.79 Å². The topological polar surface area (TPSA) is 131 Å². The highest BCUT2D eigenvalue weighted by atomic mass is 35.5. The summed E-state index contributed by atoms with van der Waals surface area (Å²) in [5.74, 6) is -2.19. The van der Waals surface area contributed by atoms with Crippen molar-refractivity contribution in [2.24, 2.45) is 5.73 Å². The molecule has 4 rings (SSSR count). The highest BCUT2D eigenvalue weighted by Gasteiger charge is 2.30. The number of nitrogens with zero attached hydrogens (tertiary/aromatic N) is 2. The van der Waals surface area contributed by atoms with E-state index in [-0.39, 0.29) is 29.2 Å². The number of carboxylic acid groups (broad SMARTS) is 1. The maximum Gasteiger partial charge on any atom is 0.335 e. The standard InChI is InChI=1S/C17H12ClNO4.C6H6N2O/c18-12-4-1-10(2-5-12)9-19-14-6-3-11(17(22)23)7-13(14)15(20)8-16(19)21;7-6(9)5-1-3-8-4-2-5/h1-7H,8-9H2,(H,22,23);1-4H,(H2,7,9). The lowest BCUT2D eigenvalue weighted by atomic mass is 9.97. The SMILES string of the molecule is NC(=O)c1ccncc1.O=C(O)c1ccc2c(c1)C(=O)CC(=O)N2Cc1ccc(Cl)cc1. The monoisotopic (exact) mass is 451 g/mol. The van der Waals surface area contributed by atoms with Crippen LogP contribution in [0.4, 0.5) is 5.69 Å². The molecule has 0 spiro atoms. The van der Waals surface area contributed by atoms with E-state index in [1.54, 1.807) is 36.4 Å². The van der Waals surface area contributed by atoms with Crippen LogP contribution in [0.2, 0.25) is 5.02 Å². The number of hydrogen-bond acceptors (Lipinski definition) is 5. The number of nitrogens with two attached hydrogens (primary N) is 1. The number of amides is 2. The van der Waals surface area contributed by atoms with Crippen LogP contribution >= 0.6 is 11.6 Å². The van der Waals surface area contributed by atoms with Crippen LogP contribution < -0.4 is 10.6 Å². The van der Waals surface area contributed by atoms with Crippen LogP contribution in [-0.4, -0.2) is 33.7 Å². The molecule has 1 aliphatic rings. The van der Waals surface area contributed by atoms with E-state index in [9.17, 15) is 19.2 Å². The number of fused-ring (bicyclic) bond motifs is 1. The molecule has 0 atom stereocenters. The van der Waals surface area contributed by atoms with Gasteiger partial charge in [-0.05, 0) is 48.0 Å². The minimum Gasteiger partial charge on any atom is -0.478 e. The first-order valence-electron chi connectivity index (χ1n) is 9.41. The van der Waals surface area contributed by atoms with Crippen molar-refractivity contribution in [1.82, 2.24) is 4.98 Å². The fourth-order valence-electron chi connectivity index (χ4n) is 3.05. The van der Waals surface area contributed by atoms with Crippen molar-refractivity contribution in [3.63, 3.8) is 0 Å². The molecule has 9 heteroatoms. The number of carboxylic acids is 1. The summed E-state index contributed by atoms with van der Waals surface area (Å²) < 4.78 is 0. The molecule has 0 fully saturated rings. The molecule has 0 saturated carbocycles. The summed E-state index contributed by atoms with van der Waals surface area (Å²) in [4.78, 5) is 50.9. The number of carbonyl (C=O) groups excluding carboxylic acids is 3. The number of hydrogen-bond donors (Lipinski definition) is 2. The van der Waals surface area contributed by atoms with Crippen LogP contribution in [0.1, 0.15) is 43.1 Å². The maximum atomic E-state index is 12.2. The summed E-state index contributed by atoms with van der Waals surface area (Å²) in [5, 5.41) is 9.64. The van der Waals surface area contributed by atoms with E-state index in [4.69, 9.17) is 22.4 Å². The highest BCUT2D eigenvalue weighted by molar-refractivity contribution is 6.30. The van der Waals surface area contributed by atoms with E-state index in [1.807, 2.05) is 0 Å². The lowest BCUT2D eigenvalue weighted by Crippen LogP contribution is -2.37. The molecule has 162 valence electrons. The predicted octanol–water partition coefficient (Wildman–Crippen LogP) is 3.34. The fraction of sp³-hybridized carbons (Fsp3) is 0.0870. The van der Waals surface area contributed by atoms with Gasteiger partial charge in [0.25, 0.3) is 0 Å². The zero-order chi connectivity index (χ0) is 23.3. The predicted molar refractivity (Wildman–Crippen MR) is 118 cm³/mol. The Morgan fingerprint density at radius 2 is 1.66 bits per heavy atom. The molecular formula is C23H18ClN3O5. The summed E-state index contributed by atoms with van der Waals surface area (Å²) in [6, 6.07) is 14.4. The number of aromatic nitrogens is 1. The van der Waals surface area contributed by atoms with Gasteiger partial charge in [0.2, 0.25) is 11.8 Å². The molecular weight excluding hydrogens is 434 g/mol. The Morgan fingerprint density at radius 3 is 2.22 bits per heavy atom. The molecule has 0 unspecified atom stereocenters. The molecule has 2 amide bonds. The number of halogens is 1. The first kappa shape index (κ1) is 22.6. The van der Waals surface area contributed by atoms with Crippen LogP contribution in [0, 0.1) is 0 Å². The number of anilines is 1. The number of ketones is 1. The van der Waals surface area contributed by atoms with Crippen molar-refractivity contribution in [2.45, 2.75) is 13.0 Å². The molecule has 0 bridgehead atoms. The van der Waals surface area contributed by atoms with Crippen LogP contribution in [0.25, 0.3) is 0 Å². The fourth-order valence-corrected chi connectivity index (χ4v) is 3.18. The van der Waals surface area contributed by atoms with E-state index in [1.165, 1.54) is 35.5 Å². The summed E-state index contributed by atoms with van der Waals surface area (Å²) in [6.45, 7) is 0.294. The Bertz CT molecular complexity index is 1180. The summed E-state index contributed by atoms with van der Waals surface area (Å²) in [6.07, 6.45) is 2.80. The normalized spacial score (nSPS) is 12.5. The van der Waals surface area contributed by atoms with Crippen molar-refractivity contribution in [3.05, 3.63) is 94.3 Å². The van der Waals surface area contributed by atoms with Gasteiger partial charge in [-0.2, -0.15) is 0 Å². The molecule has 32 heavy (non-hydrogen) atoms. The van der Waals surface area contributed by atoms with Crippen molar-refractivity contribution in [3.8, 4) is 0 Å². The average Bonchev–Trinajstić information content (AvgIpc) is 2.78. The number of rotatable bonds is 4. The molecule has 2 heterocycles. The van der Waals surface area contributed by atoms with Crippen molar-refractivity contribution in [1.29, 1.82) is 0 Å². The van der Waals surface area contributed by atoms with Crippen LogP contribution in [0.15, 0.2) is 67.0 Å². The van der Waals surface area contributed by atoms with Crippen LogP contribution in [0.3, 0.4) is 0 Å². The molecule has 1 aliphatic heterocycles. The number of pyridine rings is 1. The first-order valence-corrected chi connectivity index (χ1v) is 9.79. The second-order valence-corrected chi connectivity index (χ2v) is 7.28.